The van der Waals surface area contributed by atoms with Crippen LogP contribution in [0.4, 0.5) is 0 Å². The number of rotatable bonds is 2. The third-order valence-electron chi connectivity index (χ3n) is 7.75. The summed E-state index contributed by atoms with van der Waals surface area (Å²) in [5.74, 6) is 1.24. The molecule has 2 saturated carbocycles. The van der Waals surface area contributed by atoms with Crippen molar-refractivity contribution in [2.24, 2.45) is 5.92 Å². The first-order valence-electron chi connectivity index (χ1n) is 9.82. The van der Waals surface area contributed by atoms with Gasteiger partial charge in [0.05, 0.1) is 23.2 Å². The van der Waals surface area contributed by atoms with E-state index in [0.717, 1.165) is 36.2 Å². The third-order valence-corrected chi connectivity index (χ3v) is 7.75. The smallest absolute Gasteiger partial charge is 0.166 e. The molecule has 6 rings (SSSR count). The number of benzene rings is 1. The van der Waals surface area contributed by atoms with E-state index in [4.69, 9.17) is 4.74 Å². The number of aliphatic hydroxyl groups is 2. The monoisotopic (exact) mass is 355 g/mol. The molecule has 5 nitrogen and oxygen atoms in total. The van der Waals surface area contributed by atoms with Crippen LogP contribution < -0.4 is 4.74 Å². The van der Waals surface area contributed by atoms with Crippen molar-refractivity contribution in [2.45, 2.75) is 61.4 Å². The minimum absolute atomic E-state index is 0.0914. The Hall–Kier alpha value is -1.56. The molecule has 1 saturated heterocycles. The first-order valence-corrected chi connectivity index (χ1v) is 9.82. The van der Waals surface area contributed by atoms with Crippen LogP contribution in [0.15, 0.2) is 24.3 Å². The SMILES string of the molecule is C=C1CC[C@@]2(O)[C@H]3[C@H](O)c4ccc(O)c5c4[C@@]2(CCN3CC2CC2)[C@H]1O5. The molecule has 3 aliphatic carbocycles. The predicted octanol–water partition coefficient (Wildman–Crippen LogP) is 2.00. The average Bonchev–Trinajstić information content (AvgIpc) is 3.35. The van der Waals surface area contributed by atoms with Gasteiger partial charge in [0.15, 0.2) is 11.5 Å². The predicted molar refractivity (Wildman–Crippen MR) is 95.2 cm³/mol. The molecule has 2 aliphatic heterocycles. The number of aliphatic hydroxyl groups excluding tert-OH is 1. The topological polar surface area (TPSA) is 73.2 Å². The van der Waals surface area contributed by atoms with Gasteiger partial charge in [-0.05, 0) is 61.8 Å². The molecule has 5 aliphatic rings. The van der Waals surface area contributed by atoms with Crippen LogP contribution in [0.3, 0.4) is 0 Å². The molecule has 2 bridgehead atoms. The molecule has 5 heteroatoms. The molecule has 0 unspecified atom stereocenters. The lowest BCUT2D eigenvalue weighted by Crippen LogP contribution is -2.76. The summed E-state index contributed by atoms with van der Waals surface area (Å²) >= 11 is 0. The number of ether oxygens (including phenoxy) is 1. The molecule has 26 heavy (non-hydrogen) atoms. The van der Waals surface area contributed by atoms with Crippen molar-refractivity contribution in [1.82, 2.24) is 4.90 Å². The Morgan fingerprint density at radius 2 is 2.08 bits per heavy atom. The van der Waals surface area contributed by atoms with Gasteiger partial charge in [-0.3, -0.25) is 4.90 Å². The van der Waals surface area contributed by atoms with Gasteiger partial charge >= 0.3 is 0 Å². The number of piperidine rings is 1. The fraction of sp³-hybridized carbons (Fsp3) is 0.619. The lowest BCUT2D eigenvalue weighted by atomic mass is 9.48. The Bertz CT molecular complexity index is 834. The fourth-order valence-electron chi connectivity index (χ4n) is 6.46. The zero-order valence-corrected chi connectivity index (χ0v) is 14.8. The molecular formula is C21H25NO4. The summed E-state index contributed by atoms with van der Waals surface area (Å²) in [5.41, 5.74) is 0.973. The van der Waals surface area contributed by atoms with Gasteiger partial charge in [-0.25, -0.2) is 0 Å². The summed E-state index contributed by atoms with van der Waals surface area (Å²) in [6, 6.07) is 3.11. The average molecular weight is 355 g/mol. The van der Waals surface area contributed by atoms with Crippen LogP contribution in [0, 0.1) is 5.92 Å². The summed E-state index contributed by atoms with van der Waals surface area (Å²) < 4.78 is 6.22. The molecule has 0 radical (unpaired) electrons. The Morgan fingerprint density at radius 3 is 2.85 bits per heavy atom. The van der Waals surface area contributed by atoms with Crippen LogP contribution >= 0.6 is 0 Å². The lowest BCUT2D eigenvalue weighted by molar-refractivity contribution is -0.204. The van der Waals surface area contributed by atoms with Crippen LogP contribution in [0.5, 0.6) is 11.5 Å². The second-order valence-electron chi connectivity index (χ2n) is 9.01. The van der Waals surface area contributed by atoms with Gasteiger partial charge in [-0.15, -0.1) is 0 Å². The maximum atomic E-state index is 12.1. The van der Waals surface area contributed by atoms with Crippen molar-refractivity contribution in [3.8, 4) is 11.5 Å². The number of likely N-dealkylation sites (tertiary alicyclic amines) is 1. The van der Waals surface area contributed by atoms with Crippen molar-refractivity contribution in [3.63, 3.8) is 0 Å². The van der Waals surface area contributed by atoms with E-state index in [1.807, 2.05) is 6.07 Å². The molecule has 1 spiro atoms. The highest BCUT2D eigenvalue weighted by Crippen LogP contribution is 2.68. The van der Waals surface area contributed by atoms with E-state index in [-0.39, 0.29) is 17.9 Å². The lowest BCUT2D eigenvalue weighted by Gasteiger charge is -2.64. The number of hydrogen-bond donors (Lipinski definition) is 3. The molecule has 3 fully saturated rings. The van der Waals surface area contributed by atoms with Crippen molar-refractivity contribution in [2.75, 3.05) is 13.1 Å². The van der Waals surface area contributed by atoms with Crippen LogP contribution in [-0.2, 0) is 5.41 Å². The number of phenols is 1. The van der Waals surface area contributed by atoms with Gasteiger partial charge in [-0.1, -0.05) is 12.6 Å². The second-order valence-corrected chi connectivity index (χ2v) is 9.01. The quantitative estimate of drug-likeness (QED) is 0.708. The van der Waals surface area contributed by atoms with E-state index in [1.165, 1.54) is 12.8 Å². The summed E-state index contributed by atoms with van der Waals surface area (Å²) in [6.45, 7) is 6.02. The zero-order valence-electron chi connectivity index (χ0n) is 14.8. The van der Waals surface area contributed by atoms with Crippen LogP contribution in [-0.4, -0.2) is 51.1 Å². The Kier molecular flexibility index (Phi) is 2.76. The van der Waals surface area contributed by atoms with Crippen LogP contribution in [0.1, 0.15) is 49.3 Å². The van der Waals surface area contributed by atoms with E-state index in [2.05, 4.69) is 11.5 Å². The van der Waals surface area contributed by atoms with E-state index in [1.54, 1.807) is 6.07 Å². The standard InChI is InChI=1S/C21H25NO4/c1-11-6-7-21(25)18-16(24)13-4-5-14(23)17-15(13)20(21,19(11)26-17)8-9-22(18)10-12-2-3-12/h4-5,12,16,18-19,23-25H,1-3,6-10H2/t16-,18-,19+,20+,21-/m1/s1. The molecule has 3 N–H and O–H groups in total. The normalized spacial score (nSPS) is 43.2. The number of aromatic hydroxyl groups is 1. The fourth-order valence-corrected chi connectivity index (χ4v) is 6.46. The maximum absolute atomic E-state index is 12.1. The molecule has 0 amide bonds. The summed E-state index contributed by atoms with van der Waals surface area (Å²) in [4.78, 5) is 2.33. The van der Waals surface area contributed by atoms with Crippen molar-refractivity contribution >= 4 is 0 Å². The van der Waals surface area contributed by atoms with Crippen molar-refractivity contribution in [3.05, 3.63) is 35.4 Å². The van der Waals surface area contributed by atoms with Gasteiger partial charge in [0, 0.05) is 12.1 Å². The Labute approximate surface area is 152 Å². The van der Waals surface area contributed by atoms with Crippen molar-refractivity contribution < 1.29 is 20.1 Å². The number of hydrogen-bond acceptors (Lipinski definition) is 5. The molecular weight excluding hydrogens is 330 g/mol. The highest BCUT2D eigenvalue weighted by Gasteiger charge is 2.73. The largest absolute Gasteiger partial charge is 0.504 e. The first-order chi connectivity index (χ1) is 12.5. The van der Waals surface area contributed by atoms with Crippen molar-refractivity contribution in [1.29, 1.82) is 0 Å². The Morgan fingerprint density at radius 1 is 1.27 bits per heavy atom. The van der Waals surface area contributed by atoms with Gasteiger partial charge in [0.1, 0.15) is 6.10 Å². The van der Waals surface area contributed by atoms with Gasteiger partial charge in [-0.2, -0.15) is 0 Å². The maximum Gasteiger partial charge on any atom is 0.166 e. The Balaban J connectivity index is 1.61. The molecule has 1 aromatic carbocycles. The summed E-state index contributed by atoms with van der Waals surface area (Å²) in [7, 11) is 0. The third kappa shape index (κ3) is 1.56. The van der Waals surface area contributed by atoms with E-state index in [9.17, 15) is 15.3 Å². The minimum Gasteiger partial charge on any atom is -0.504 e. The molecule has 0 aromatic heterocycles. The summed E-state index contributed by atoms with van der Waals surface area (Å²) in [6.07, 6.45) is 3.46. The van der Waals surface area contributed by atoms with E-state index < -0.39 is 17.1 Å². The molecule has 5 atom stereocenters. The number of phenolic OH excluding ortho intramolecular Hbond substituents is 1. The van der Waals surface area contributed by atoms with Crippen LogP contribution in [0.25, 0.3) is 0 Å². The molecule has 1 aromatic rings. The van der Waals surface area contributed by atoms with E-state index in [0.29, 0.717) is 24.5 Å². The highest BCUT2D eigenvalue weighted by atomic mass is 16.5. The summed E-state index contributed by atoms with van der Waals surface area (Å²) in [5, 5.41) is 33.8. The van der Waals surface area contributed by atoms with Gasteiger partial charge in [0.25, 0.3) is 0 Å². The molecule has 138 valence electrons. The zero-order chi connectivity index (χ0) is 17.8. The second kappa shape index (κ2) is 4.64. The molecule has 2 heterocycles. The first kappa shape index (κ1) is 15.5. The van der Waals surface area contributed by atoms with Gasteiger partial charge < -0.3 is 20.1 Å². The van der Waals surface area contributed by atoms with E-state index >= 15 is 0 Å². The highest BCUT2D eigenvalue weighted by molar-refractivity contribution is 5.64. The van der Waals surface area contributed by atoms with Crippen LogP contribution in [0.2, 0.25) is 0 Å². The minimum atomic E-state index is -1.06. The van der Waals surface area contributed by atoms with Gasteiger partial charge in [0.2, 0.25) is 0 Å². The number of nitrogens with zero attached hydrogens (tertiary/aromatic N) is 1.